The summed E-state index contributed by atoms with van der Waals surface area (Å²) in [6.07, 6.45) is 0.559. The van der Waals surface area contributed by atoms with Gasteiger partial charge in [0.05, 0.1) is 0 Å². The van der Waals surface area contributed by atoms with Gasteiger partial charge in [-0.15, -0.1) is 0 Å². The summed E-state index contributed by atoms with van der Waals surface area (Å²) in [4.78, 5) is 0. The fourth-order valence-corrected chi connectivity index (χ4v) is 10.2. The maximum absolute atomic E-state index is 9.73. The van der Waals surface area contributed by atoms with Crippen LogP contribution in [0.3, 0.4) is 0 Å². The first-order valence-corrected chi connectivity index (χ1v) is 14.7. The molecule has 0 aliphatic heterocycles. The number of hydrogen-bond acceptors (Lipinski definition) is 2. The van der Waals surface area contributed by atoms with Crippen LogP contribution in [0.15, 0.2) is 0 Å². The van der Waals surface area contributed by atoms with Gasteiger partial charge in [0.1, 0.15) is 0 Å². The van der Waals surface area contributed by atoms with Crippen molar-refractivity contribution in [2.45, 2.75) is 46.1 Å². The van der Waals surface area contributed by atoms with Gasteiger partial charge >= 0.3 is 101 Å². The van der Waals surface area contributed by atoms with Crippen molar-refractivity contribution in [1.29, 1.82) is 0 Å². The number of halogens is 2. The second kappa shape index (κ2) is 6.76. The van der Waals surface area contributed by atoms with E-state index in [0.29, 0.717) is 6.54 Å². The fraction of sp³-hybridized carbons (Fsp3) is 1.00. The van der Waals surface area contributed by atoms with Gasteiger partial charge in [-0.2, -0.15) is 0 Å². The molecular formula is C8H20Cl2NO2Sn+. The Balaban J connectivity index is 4.76. The molecule has 86 valence electrons. The Labute approximate surface area is 101 Å². The van der Waals surface area contributed by atoms with Gasteiger partial charge < -0.3 is 0 Å². The van der Waals surface area contributed by atoms with E-state index in [1.54, 1.807) is 13.8 Å². The first-order chi connectivity index (χ1) is 6.39. The Morgan fingerprint density at radius 1 is 1.21 bits per heavy atom. The SMILES string of the molecule is CCCC[N+](C(C)O)(C(C)O)[SnH]([Cl])[Cl]. The quantitative estimate of drug-likeness (QED) is 0.562. The summed E-state index contributed by atoms with van der Waals surface area (Å²) in [6.45, 7) is 6.03. The number of hydrogen-bond donors (Lipinski definition) is 2. The van der Waals surface area contributed by atoms with E-state index >= 15 is 0 Å². The van der Waals surface area contributed by atoms with Gasteiger partial charge in [0.25, 0.3) is 0 Å². The van der Waals surface area contributed by atoms with Gasteiger partial charge in [0.2, 0.25) is 0 Å². The molecule has 3 nitrogen and oxygen atoms in total. The van der Waals surface area contributed by atoms with Crippen LogP contribution in [0.4, 0.5) is 0 Å². The van der Waals surface area contributed by atoms with Crippen LogP contribution in [0.2, 0.25) is 0 Å². The molecule has 0 amide bonds. The molecule has 0 radical (unpaired) electrons. The summed E-state index contributed by atoms with van der Waals surface area (Å²) >= 11 is -2.89. The van der Waals surface area contributed by atoms with E-state index in [-0.39, 0.29) is 2.70 Å². The van der Waals surface area contributed by atoms with Crippen LogP contribution in [0, 0.1) is 0 Å². The average Bonchev–Trinajstić information content (AvgIpc) is 2.03. The van der Waals surface area contributed by atoms with Crippen molar-refractivity contribution in [2.75, 3.05) is 6.54 Å². The van der Waals surface area contributed by atoms with E-state index in [9.17, 15) is 10.2 Å². The van der Waals surface area contributed by atoms with E-state index in [4.69, 9.17) is 17.8 Å². The molecule has 0 spiro atoms. The number of rotatable bonds is 6. The van der Waals surface area contributed by atoms with Crippen LogP contribution < -0.4 is 0 Å². The Kier molecular flexibility index (Phi) is 7.37. The molecule has 0 aliphatic rings. The van der Waals surface area contributed by atoms with E-state index < -0.39 is 30.2 Å². The van der Waals surface area contributed by atoms with Crippen molar-refractivity contribution in [3.05, 3.63) is 0 Å². The van der Waals surface area contributed by atoms with Crippen molar-refractivity contribution in [1.82, 2.24) is 0 Å². The van der Waals surface area contributed by atoms with Crippen molar-refractivity contribution < 1.29 is 12.9 Å². The third kappa shape index (κ3) is 3.39. The monoisotopic (exact) mass is 352 g/mol. The minimum absolute atomic E-state index is 0.124. The number of aliphatic hydroxyl groups excluding tert-OH is 2. The van der Waals surface area contributed by atoms with E-state index in [1.807, 2.05) is 0 Å². The van der Waals surface area contributed by atoms with E-state index in [0.717, 1.165) is 12.8 Å². The molecule has 0 rings (SSSR count). The zero-order valence-electron chi connectivity index (χ0n) is 8.95. The van der Waals surface area contributed by atoms with Gasteiger partial charge in [-0.1, -0.05) is 0 Å². The van der Waals surface area contributed by atoms with E-state index in [2.05, 4.69) is 6.92 Å². The summed E-state index contributed by atoms with van der Waals surface area (Å²) in [5.41, 5.74) is 0. The molecule has 0 saturated carbocycles. The predicted molar refractivity (Wildman–Crippen MR) is 62.3 cm³/mol. The van der Waals surface area contributed by atoms with Gasteiger partial charge in [0.15, 0.2) is 0 Å². The molecular weight excluding hydrogens is 332 g/mol. The topological polar surface area (TPSA) is 40.5 Å². The Hall–Kier alpha value is 1.26. The van der Waals surface area contributed by atoms with Gasteiger partial charge in [-0.3, -0.25) is 0 Å². The Bertz CT molecular complexity index is 146. The van der Waals surface area contributed by atoms with Crippen LogP contribution in [-0.4, -0.2) is 49.7 Å². The van der Waals surface area contributed by atoms with Crippen molar-refractivity contribution in [3.63, 3.8) is 0 Å². The molecule has 0 fully saturated rings. The average molecular weight is 352 g/mol. The Morgan fingerprint density at radius 3 is 1.86 bits per heavy atom. The standard InChI is InChI=1S/C8H19NO2.2ClH.Sn.H/c1-4-5-6-9(7(2)10)8(3)11;;;;/h7-8,10-11H,4-6H2,1-3H3;2*1H;;/q;;;+3;/p-2. The number of quaternary nitrogens is 1. The van der Waals surface area contributed by atoms with Crippen LogP contribution in [0.1, 0.15) is 33.6 Å². The first kappa shape index (κ1) is 15.3. The molecule has 2 unspecified atom stereocenters. The molecule has 14 heavy (non-hydrogen) atoms. The zero-order chi connectivity index (χ0) is 11.4. The molecule has 2 atom stereocenters. The maximum atomic E-state index is 9.73. The van der Waals surface area contributed by atoms with E-state index in [1.165, 1.54) is 0 Å². The third-order valence-corrected chi connectivity index (χ3v) is 12.8. The van der Waals surface area contributed by atoms with Crippen LogP contribution in [-0.2, 0) is 0 Å². The second-order valence-corrected chi connectivity index (χ2v) is 15.0. The molecule has 0 aromatic rings. The van der Waals surface area contributed by atoms with Crippen molar-refractivity contribution in [2.24, 2.45) is 0 Å². The second-order valence-electron chi connectivity index (χ2n) is 3.61. The molecule has 0 bridgehead atoms. The molecule has 6 heteroatoms. The van der Waals surface area contributed by atoms with Crippen molar-refractivity contribution >= 4 is 35.6 Å². The van der Waals surface area contributed by atoms with Gasteiger partial charge in [-0.25, -0.2) is 0 Å². The third-order valence-electron chi connectivity index (χ3n) is 2.65. The summed E-state index contributed by atoms with van der Waals surface area (Å²) in [7, 11) is 12.1. The molecule has 0 aromatic carbocycles. The summed E-state index contributed by atoms with van der Waals surface area (Å²) in [6, 6.07) is 0. The van der Waals surface area contributed by atoms with Crippen LogP contribution >= 0.6 is 17.8 Å². The summed E-state index contributed by atoms with van der Waals surface area (Å²) < 4.78 is 0.124. The molecule has 0 aliphatic carbocycles. The summed E-state index contributed by atoms with van der Waals surface area (Å²) in [5.74, 6) is 0. The van der Waals surface area contributed by atoms with Gasteiger partial charge in [0, 0.05) is 0 Å². The van der Waals surface area contributed by atoms with Crippen molar-refractivity contribution in [3.8, 4) is 0 Å². The molecule has 0 saturated heterocycles. The number of nitrogens with zero attached hydrogens (tertiary/aromatic N) is 1. The number of unbranched alkanes of at least 4 members (excludes halogenated alkanes) is 1. The Morgan fingerprint density at radius 2 is 1.64 bits per heavy atom. The number of aliphatic hydroxyl groups is 2. The minimum atomic E-state index is -2.89. The normalized spacial score (nSPS) is 20.6. The molecule has 0 heterocycles. The molecule has 0 aromatic heterocycles. The molecule has 2 N–H and O–H groups in total. The summed E-state index contributed by atoms with van der Waals surface area (Å²) in [5, 5.41) is 19.5. The van der Waals surface area contributed by atoms with Crippen LogP contribution in [0.5, 0.6) is 0 Å². The van der Waals surface area contributed by atoms with Gasteiger partial charge in [-0.05, 0) is 0 Å². The zero-order valence-corrected chi connectivity index (χ0v) is 13.8. The first-order valence-electron chi connectivity index (χ1n) is 4.91. The van der Waals surface area contributed by atoms with Crippen LogP contribution in [0.25, 0.3) is 0 Å². The fourth-order valence-electron chi connectivity index (χ4n) is 1.54. The predicted octanol–water partition coefficient (Wildman–Crippen LogP) is 1.47.